The Morgan fingerprint density at radius 1 is 1.18 bits per heavy atom. The number of hydrogen-bond donors (Lipinski definition) is 3. The molecule has 0 bridgehead atoms. The smallest absolute Gasteiger partial charge is 0.335 e. The van der Waals surface area contributed by atoms with Crippen LogP contribution in [0, 0.1) is 5.41 Å². The second-order valence-electron chi connectivity index (χ2n) is 8.07. The number of carbonyl (C=O) groups is 1. The van der Waals surface area contributed by atoms with Gasteiger partial charge in [-0.15, -0.1) is 0 Å². The topological polar surface area (TPSA) is 106 Å². The SMILES string of the molecule is CN1CCN(CCOc2cccc(C(=N)N(CCc3ccccc3C(=O)O)C(N)=S)c2)CC1. The Bertz CT molecular complexity index is 992. The van der Waals surface area contributed by atoms with E-state index in [1.54, 1.807) is 24.3 Å². The Balaban J connectivity index is 1.60. The van der Waals surface area contributed by atoms with Gasteiger partial charge < -0.3 is 25.4 Å². The van der Waals surface area contributed by atoms with E-state index in [2.05, 4.69) is 16.8 Å². The lowest BCUT2D eigenvalue weighted by atomic mass is 10.0. The second kappa shape index (κ2) is 11.7. The molecule has 0 aromatic heterocycles. The Hall–Kier alpha value is -3.01. The van der Waals surface area contributed by atoms with Crippen LogP contribution < -0.4 is 10.5 Å². The minimum atomic E-state index is -0.982. The summed E-state index contributed by atoms with van der Waals surface area (Å²) in [5.74, 6) is -0.144. The van der Waals surface area contributed by atoms with Gasteiger partial charge in [0.1, 0.15) is 18.2 Å². The summed E-state index contributed by atoms with van der Waals surface area (Å²) in [4.78, 5) is 17.7. The highest BCUT2D eigenvalue weighted by atomic mass is 32.1. The van der Waals surface area contributed by atoms with Crippen LogP contribution in [0.5, 0.6) is 5.75 Å². The van der Waals surface area contributed by atoms with Crippen molar-refractivity contribution in [1.29, 1.82) is 5.41 Å². The molecule has 0 unspecified atom stereocenters. The summed E-state index contributed by atoms with van der Waals surface area (Å²) in [6.45, 7) is 5.95. The Morgan fingerprint density at radius 2 is 1.91 bits per heavy atom. The van der Waals surface area contributed by atoms with Gasteiger partial charge in [-0.2, -0.15) is 0 Å². The highest BCUT2D eigenvalue weighted by Gasteiger charge is 2.18. The van der Waals surface area contributed by atoms with E-state index in [9.17, 15) is 9.90 Å². The molecule has 1 aliphatic heterocycles. The van der Waals surface area contributed by atoms with E-state index in [0.717, 1.165) is 32.7 Å². The van der Waals surface area contributed by atoms with E-state index in [1.807, 2.05) is 24.3 Å². The van der Waals surface area contributed by atoms with Gasteiger partial charge in [0.25, 0.3) is 0 Å². The van der Waals surface area contributed by atoms with Crippen LogP contribution in [0.15, 0.2) is 48.5 Å². The lowest BCUT2D eigenvalue weighted by molar-refractivity contribution is 0.0695. The van der Waals surface area contributed by atoms with Gasteiger partial charge in [0, 0.05) is 44.8 Å². The third-order valence-corrected chi connectivity index (χ3v) is 5.99. The van der Waals surface area contributed by atoms with Crippen LogP contribution in [0.1, 0.15) is 21.5 Å². The fourth-order valence-corrected chi connectivity index (χ4v) is 3.95. The first-order chi connectivity index (χ1) is 15.8. The summed E-state index contributed by atoms with van der Waals surface area (Å²) in [7, 11) is 2.13. The summed E-state index contributed by atoms with van der Waals surface area (Å²) < 4.78 is 5.94. The number of piperazine rings is 1. The molecule has 176 valence electrons. The van der Waals surface area contributed by atoms with Crippen molar-refractivity contribution < 1.29 is 14.6 Å². The average Bonchev–Trinajstić information content (AvgIpc) is 2.80. The van der Waals surface area contributed by atoms with Crippen LogP contribution in [-0.4, -0.2) is 89.6 Å². The zero-order valence-corrected chi connectivity index (χ0v) is 19.7. The summed E-state index contributed by atoms with van der Waals surface area (Å²) in [6.07, 6.45) is 0.392. The number of likely N-dealkylation sites (N-methyl/N-ethyl adjacent to an activating group) is 1. The molecule has 9 heteroatoms. The summed E-state index contributed by atoms with van der Waals surface area (Å²) >= 11 is 5.18. The van der Waals surface area contributed by atoms with Crippen LogP contribution in [0.25, 0.3) is 0 Å². The molecule has 8 nitrogen and oxygen atoms in total. The molecule has 0 aliphatic carbocycles. The monoisotopic (exact) mass is 469 g/mol. The molecule has 0 saturated carbocycles. The molecule has 1 heterocycles. The number of ether oxygens (including phenoxy) is 1. The molecule has 0 amide bonds. The van der Waals surface area contributed by atoms with Crippen molar-refractivity contribution in [3.63, 3.8) is 0 Å². The van der Waals surface area contributed by atoms with E-state index >= 15 is 0 Å². The van der Waals surface area contributed by atoms with Crippen molar-refractivity contribution in [2.24, 2.45) is 5.73 Å². The average molecular weight is 470 g/mol. The number of rotatable bonds is 9. The van der Waals surface area contributed by atoms with Crippen LogP contribution in [0.3, 0.4) is 0 Å². The van der Waals surface area contributed by atoms with E-state index in [-0.39, 0.29) is 16.5 Å². The maximum atomic E-state index is 11.5. The largest absolute Gasteiger partial charge is 0.492 e. The summed E-state index contributed by atoms with van der Waals surface area (Å²) in [5, 5.41) is 18.1. The van der Waals surface area contributed by atoms with Crippen LogP contribution in [-0.2, 0) is 6.42 Å². The third-order valence-electron chi connectivity index (χ3n) is 5.77. The fraction of sp³-hybridized carbons (Fsp3) is 0.375. The van der Waals surface area contributed by atoms with Crippen molar-refractivity contribution >= 4 is 29.1 Å². The molecule has 1 saturated heterocycles. The van der Waals surface area contributed by atoms with E-state index in [1.165, 1.54) is 4.90 Å². The molecule has 1 aliphatic rings. The number of benzene rings is 2. The fourth-order valence-electron chi connectivity index (χ4n) is 3.76. The van der Waals surface area contributed by atoms with Crippen molar-refractivity contribution in [2.75, 3.05) is 52.9 Å². The van der Waals surface area contributed by atoms with Gasteiger partial charge in [-0.3, -0.25) is 10.3 Å². The molecule has 4 N–H and O–H groups in total. The van der Waals surface area contributed by atoms with E-state index in [4.69, 9.17) is 28.1 Å². The number of nitrogens with zero attached hydrogens (tertiary/aromatic N) is 3. The zero-order valence-electron chi connectivity index (χ0n) is 18.9. The molecular formula is C24H31N5O3S. The van der Waals surface area contributed by atoms with Crippen molar-refractivity contribution in [3.05, 3.63) is 65.2 Å². The molecule has 0 radical (unpaired) electrons. The van der Waals surface area contributed by atoms with Crippen LogP contribution in [0.2, 0.25) is 0 Å². The Morgan fingerprint density at radius 3 is 2.61 bits per heavy atom. The first kappa shape index (κ1) is 24.6. The Labute approximate surface area is 200 Å². The predicted molar refractivity (Wildman–Crippen MR) is 133 cm³/mol. The minimum absolute atomic E-state index is 0.0641. The summed E-state index contributed by atoms with van der Waals surface area (Å²) in [6, 6.07) is 14.1. The normalized spacial score (nSPS) is 14.6. The first-order valence-corrected chi connectivity index (χ1v) is 11.4. The van der Waals surface area contributed by atoms with Crippen LogP contribution >= 0.6 is 12.2 Å². The molecule has 33 heavy (non-hydrogen) atoms. The molecule has 3 rings (SSSR count). The molecular weight excluding hydrogens is 438 g/mol. The standard InChI is InChI=1S/C24H31N5O3S/c1-27-11-13-28(14-12-27)15-16-32-20-7-4-6-19(17-20)22(25)29(24(26)33)10-9-18-5-2-3-8-21(18)23(30)31/h2-8,17,25H,9-16H2,1H3,(H2,26,33)(H,30,31). The number of nitrogens with two attached hydrogens (primary N) is 1. The van der Waals surface area contributed by atoms with Gasteiger partial charge in [-0.05, 0) is 49.4 Å². The van der Waals surface area contributed by atoms with Crippen molar-refractivity contribution in [3.8, 4) is 5.75 Å². The number of carboxylic acids is 1. The number of nitrogens with one attached hydrogen (secondary N) is 1. The van der Waals surface area contributed by atoms with Crippen LogP contribution in [0.4, 0.5) is 0 Å². The van der Waals surface area contributed by atoms with Crippen molar-refractivity contribution in [1.82, 2.24) is 14.7 Å². The van der Waals surface area contributed by atoms with Gasteiger partial charge in [-0.25, -0.2) is 4.79 Å². The molecule has 2 aromatic carbocycles. The van der Waals surface area contributed by atoms with E-state index < -0.39 is 5.97 Å². The first-order valence-electron chi connectivity index (χ1n) is 11.0. The van der Waals surface area contributed by atoms with E-state index in [0.29, 0.717) is 36.4 Å². The lowest BCUT2D eigenvalue weighted by Crippen LogP contribution is -2.45. The molecule has 0 atom stereocenters. The van der Waals surface area contributed by atoms with Gasteiger partial charge in [-0.1, -0.05) is 30.3 Å². The number of aromatic carboxylic acids is 1. The maximum absolute atomic E-state index is 11.5. The van der Waals surface area contributed by atoms with Gasteiger partial charge in [0.15, 0.2) is 5.11 Å². The maximum Gasteiger partial charge on any atom is 0.335 e. The van der Waals surface area contributed by atoms with Gasteiger partial charge in [0.2, 0.25) is 0 Å². The Kier molecular flexibility index (Phi) is 8.76. The van der Waals surface area contributed by atoms with Gasteiger partial charge in [0.05, 0.1) is 5.56 Å². The van der Waals surface area contributed by atoms with Crippen molar-refractivity contribution in [2.45, 2.75) is 6.42 Å². The molecule has 1 fully saturated rings. The highest BCUT2D eigenvalue weighted by molar-refractivity contribution is 7.80. The molecule has 0 spiro atoms. The minimum Gasteiger partial charge on any atom is -0.492 e. The summed E-state index contributed by atoms with van der Waals surface area (Å²) in [5.41, 5.74) is 7.44. The lowest BCUT2D eigenvalue weighted by Gasteiger charge is -2.32. The molecule has 2 aromatic rings. The second-order valence-corrected chi connectivity index (χ2v) is 8.49. The zero-order chi connectivity index (χ0) is 23.8. The predicted octanol–water partition coefficient (Wildman–Crippen LogP) is 2.12. The number of hydrogen-bond acceptors (Lipinski definition) is 6. The quantitative estimate of drug-likeness (QED) is 0.291. The number of thiocarbonyl (C=S) groups is 1. The highest BCUT2D eigenvalue weighted by Crippen LogP contribution is 2.17. The third kappa shape index (κ3) is 6.98. The number of amidine groups is 1. The van der Waals surface area contributed by atoms with Gasteiger partial charge >= 0.3 is 5.97 Å². The number of carboxylic acid groups (broad SMARTS) is 1.